The molecule has 1 fully saturated rings. The van der Waals surface area contributed by atoms with Crippen LogP contribution >= 0.6 is 0 Å². The van der Waals surface area contributed by atoms with Crippen molar-refractivity contribution < 1.29 is 9.47 Å². The maximum absolute atomic E-state index is 5.72. The maximum Gasteiger partial charge on any atom is 0.213 e. The van der Waals surface area contributed by atoms with E-state index in [0.717, 1.165) is 50.7 Å². The summed E-state index contributed by atoms with van der Waals surface area (Å²) in [7, 11) is 0. The molecule has 1 aliphatic heterocycles. The lowest BCUT2D eigenvalue weighted by Gasteiger charge is -2.10. The first-order valence-electron chi connectivity index (χ1n) is 6.75. The van der Waals surface area contributed by atoms with E-state index in [4.69, 9.17) is 9.47 Å². The zero-order valence-electron chi connectivity index (χ0n) is 11.0. The topological polar surface area (TPSA) is 43.4 Å². The zero-order chi connectivity index (χ0) is 12.6. The number of ether oxygens (including phenoxy) is 2. The molecule has 1 saturated heterocycles. The second-order valence-electron chi connectivity index (χ2n) is 4.68. The lowest BCUT2D eigenvalue weighted by molar-refractivity contribution is 0.165. The highest BCUT2D eigenvalue weighted by Crippen LogP contribution is 2.15. The third-order valence-corrected chi connectivity index (χ3v) is 3.01. The average molecular weight is 250 g/mol. The van der Waals surface area contributed by atoms with E-state index in [-0.39, 0.29) is 0 Å². The van der Waals surface area contributed by atoms with Crippen LogP contribution < -0.4 is 10.1 Å². The SMILES string of the molecule is CCCNCc1cccc(OCC2CCOC2)n1. The zero-order valence-corrected chi connectivity index (χ0v) is 11.0. The summed E-state index contributed by atoms with van der Waals surface area (Å²) < 4.78 is 11.0. The number of nitrogens with one attached hydrogen (secondary N) is 1. The Morgan fingerprint density at radius 2 is 2.44 bits per heavy atom. The fourth-order valence-corrected chi connectivity index (χ4v) is 1.95. The quantitative estimate of drug-likeness (QED) is 0.752. The molecule has 18 heavy (non-hydrogen) atoms. The molecule has 1 aromatic rings. The summed E-state index contributed by atoms with van der Waals surface area (Å²) in [5, 5.41) is 3.34. The van der Waals surface area contributed by atoms with E-state index in [0.29, 0.717) is 12.5 Å². The molecule has 0 spiro atoms. The molecular formula is C14H22N2O2. The van der Waals surface area contributed by atoms with Gasteiger partial charge in [0.2, 0.25) is 5.88 Å². The molecule has 4 heteroatoms. The Kier molecular flexibility index (Phi) is 5.42. The van der Waals surface area contributed by atoms with E-state index in [1.807, 2.05) is 18.2 Å². The van der Waals surface area contributed by atoms with Crippen LogP contribution in [-0.4, -0.2) is 31.3 Å². The number of pyridine rings is 1. The summed E-state index contributed by atoms with van der Waals surface area (Å²) in [4.78, 5) is 4.48. The van der Waals surface area contributed by atoms with Gasteiger partial charge in [-0.25, -0.2) is 4.98 Å². The number of hydrogen-bond donors (Lipinski definition) is 1. The van der Waals surface area contributed by atoms with Gasteiger partial charge in [0.15, 0.2) is 0 Å². The van der Waals surface area contributed by atoms with E-state index in [2.05, 4.69) is 17.2 Å². The molecule has 0 amide bonds. The molecule has 0 aromatic carbocycles. The van der Waals surface area contributed by atoms with E-state index < -0.39 is 0 Å². The van der Waals surface area contributed by atoms with Gasteiger partial charge in [-0.1, -0.05) is 13.0 Å². The van der Waals surface area contributed by atoms with Crippen molar-refractivity contribution in [3.8, 4) is 5.88 Å². The molecule has 2 rings (SSSR count). The van der Waals surface area contributed by atoms with Crippen molar-refractivity contribution in [1.82, 2.24) is 10.3 Å². The smallest absolute Gasteiger partial charge is 0.213 e. The Morgan fingerprint density at radius 3 is 3.22 bits per heavy atom. The fraction of sp³-hybridized carbons (Fsp3) is 0.643. The van der Waals surface area contributed by atoms with Gasteiger partial charge in [0.1, 0.15) is 0 Å². The summed E-state index contributed by atoms with van der Waals surface area (Å²) in [6, 6.07) is 5.93. The van der Waals surface area contributed by atoms with Gasteiger partial charge in [-0.2, -0.15) is 0 Å². The highest BCUT2D eigenvalue weighted by Gasteiger charge is 2.16. The standard InChI is InChI=1S/C14H22N2O2/c1-2-7-15-9-13-4-3-5-14(16-13)18-11-12-6-8-17-10-12/h3-5,12,15H,2,6-11H2,1H3. The minimum atomic E-state index is 0.522. The van der Waals surface area contributed by atoms with Crippen LogP contribution in [0, 0.1) is 5.92 Å². The number of aromatic nitrogens is 1. The van der Waals surface area contributed by atoms with Crippen molar-refractivity contribution in [3.63, 3.8) is 0 Å². The molecule has 0 aliphatic carbocycles. The molecule has 1 unspecified atom stereocenters. The van der Waals surface area contributed by atoms with Gasteiger partial charge in [-0.3, -0.25) is 0 Å². The first-order valence-corrected chi connectivity index (χ1v) is 6.75. The molecule has 1 N–H and O–H groups in total. The Labute approximate surface area is 109 Å². The fourth-order valence-electron chi connectivity index (χ4n) is 1.95. The summed E-state index contributed by atoms with van der Waals surface area (Å²) in [6.07, 6.45) is 2.23. The minimum absolute atomic E-state index is 0.522. The van der Waals surface area contributed by atoms with Gasteiger partial charge in [0.05, 0.1) is 18.9 Å². The first-order chi connectivity index (χ1) is 8.88. The molecule has 0 bridgehead atoms. The predicted molar refractivity (Wildman–Crippen MR) is 70.7 cm³/mol. The Bertz CT molecular complexity index is 351. The summed E-state index contributed by atoms with van der Waals surface area (Å²) in [6.45, 7) is 6.37. The van der Waals surface area contributed by atoms with Gasteiger partial charge >= 0.3 is 0 Å². The summed E-state index contributed by atoms with van der Waals surface area (Å²) >= 11 is 0. The van der Waals surface area contributed by atoms with Gasteiger partial charge in [-0.05, 0) is 25.5 Å². The Hall–Kier alpha value is -1.13. The highest BCUT2D eigenvalue weighted by molar-refractivity contribution is 5.15. The predicted octanol–water partition coefficient (Wildman–Crippen LogP) is 2.00. The number of hydrogen-bond acceptors (Lipinski definition) is 4. The van der Waals surface area contributed by atoms with Gasteiger partial charge in [0, 0.05) is 25.1 Å². The summed E-state index contributed by atoms with van der Waals surface area (Å²) in [5.41, 5.74) is 1.03. The van der Waals surface area contributed by atoms with Crippen LogP contribution in [0.3, 0.4) is 0 Å². The molecular weight excluding hydrogens is 228 g/mol. The molecule has 1 aromatic heterocycles. The van der Waals surface area contributed by atoms with Crippen LogP contribution in [0.2, 0.25) is 0 Å². The van der Waals surface area contributed by atoms with Crippen molar-refractivity contribution in [2.75, 3.05) is 26.4 Å². The molecule has 1 aliphatic rings. The molecule has 2 heterocycles. The number of nitrogens with zero attached hydrogens (tertiary/aromatic N) is 1. The van der Waals surface area contributed by atoms with Crippen LogP contribution in [0.5, 0.6) is 5.88 Å². The molecule has 1 atom stereocenters. The number of rotatable bonds is 7. The van der Waals surface area contributed by atoms with Gasteiger partial charge in [-0.15, -0.1) is 0 Å². The van der Waals surface area contributed by atoms with Crippen LogP contribution in [0.4, 0.5) is 0 Å². The third-order valence-electron chi connectivity index (χ3n) is 3.01. The first kappa shape index (κ1) is 13.3. The van der Waals surface area contributed by atoms with Crippen LogP contribution in [0.25, 0.3) is 0 Å². The average Bonchev–Trinajstić information content (AvgIpc) is 2.90. The second kappa shape index (κ2) is 7.34. The lowest BCUT2D eigenvalue weighted by Crippen LogP contribution is -2.16. The van der Waals surface area contributed by atoms with Crippen molar-refractivity contribution in [3.05, 3.63) is 23.9 Å². The maximum atomic E-state index is 5.72. The molecule has 0 radical (unpaired) electrons. The third kappa shape index (κ3) is 4.27. The van der Waals surface area contributed by atoms with Crippen molar-refractivity contribution in [2.45, 2.75) is 26.3 Å². The van der Waals surface area contributed by atoms with E-state index in [1.54, 1.807) is 0 Å². The molecule has 100 valence electrons. The Morgan fingerprint density at radius 1 is 1.50 bits per heavy atom. The van der Waals surface area contributed by atoms with Crippen LogP contribution in [0.1, 0.15) is 25.5 Å². The van der Waals surface area contributed by atoms with E-state index >= 15 is 0 Å². The molecule has 0 saturated carbocycles. The summed E-state index contributed by atoms with van der Waals surface area (Å²) in [5.74, 6) is 1.24. The second-order valence-corrected chi connectivity index (χ2v) is 4.68. The van der Waals surface area contributed by atoms with Crippen molar-refractivity contribution in [2.24, 2.45) is 5.92 Å². The van der Waals surface area contributed by atoms with Crippen molar-refractivity contribution in [1.29, 1.82) is 0 Å². The van der Waals surface area contributed by atoms with Crippen molar-refractivity contribution >= 4 is 0 Å². The normalized spacial score (nSPS) is 19.1. The van der Waals surface area contributed by atoms with E-state index in [1.165, 1.54) is 0 Å². The van der Waals surface area contributed by atoms with Gasteiger partial charge in [0.25, 0.3) is 0 Å². The largest absolute Gasteiger partial charge is 0.477 e. The Balaban J connectivity index is 1.78. The molecule has 4 nitrogen and oxygen atoms in total. The highest BCUT2D eigenvalue weighted by atomic mass is 16.5. The van der Waals surface area contributed by atoms with Crippen LogP contribution in [0.15, 0.2) is 18.2 Å². The van der Waals surface area contributed by atoms with Crippen LogP contribution in [-0.2, 0) is 11.3 Å². The van der Waals surface area contributed by atoms with E-state index in [9.17, 15) is 0 Å². The van der Waals surface area contributed by atoms with Gasteiger partial charge < -0.3 is 14.8 Å². The minimum Gasteiger partial charge on any atom is -0.477 e. The lowest BCUT2D eigenvalue weighted by atomic mass is 10.1. The monoisotopic (exact) mass is 250 g/mol.